The van der Waals surface area contributed by atoms with Crippen molar-refractivity contribution in [3.05, 3.63) is 53.3 Å². The maximum Gasteiger partial charge on any atom is 0.416 e. The third kappa shape index (κ3) is 4.62. The van der Waals surface area contributed by atoms with Crippen LogP contribution in [-0.2, 0) is 11.0 Å². The van der Waals surface area contributed by atoms with Gasteiger partial charge in [-0.2, -0.15) is 13.2 Å². The Bertz CT molecular complexity index is 847. The van der Waals surface area contributed by atoms with Gasteiger partial charge in [0.05, 0.1) is 5.56 Å². The van der Waals surface area contributed by atoms with Gasteiger partial charge in [-0.3, -0.25) is 0 Å². The molecule has 0 heterocycles. The number of aliphatic carboxylic acids is 1. The molecule has 10 heteroatoms. The van der Waals surface area contributed by atoms with Gasteiger partial charge in [0, 0.05) is 0 Å². The first-order chi connectivity index (χ1) is 12.1. The summed E-state index contributed by atoms with van der Waals surface area (Å²) in [6, 6.07) is 4.78. The molecule has 0 bridgehead atoms. The molecular formula is C16H10F4O6. The molecule has 0 atom stereocenters. The molecule has 6 nitrogen and oxygen atoms in total. The Morgan fingerprint density at radius 1 is 1.00 bits per heavy atom. The molecular weight excluding hydrogens is 364 g/mol. The predicted octanol–water partition coefficient (Wildman–Crippen LogP) is 3.80. The van der Waals surface area contributed by atoms with Gasteiger partial charge in [0.25, 0.3) is 0 Å². The second-order valence-electron chi connectivity index (χ2n) is 4.89. The molecule has 0 saturated heterocycles. The minimum atomic E-state index is -4.72. The minimum absolute atomic E-state index is 0.191. The van der Waals surface area contributed by atoms with Gasteiger partial charge in [0.1, 0.15) is 17.1 Å². The van der Waals surface area contributed by atoms with E-state index < -0.39 is 47.4 Å². The van der Waals surface area contributed by atoms with Crippen molar-refractivity contribution in [2.75, 3.05) is 6.61 Å². The lowest BCUT2D eigenvalue weighted by Crippen LogP contribution is -2.12. The van der Waals surface area contributed by atoms with E-state index in [1.54, 1.807) is 0 Å². The Labute approximate surface area is 143 Å². The van der Waals surface area contributed by atoms with Crippen molar-refractivity contribution >= 4 is 11.9 Å². The van der Waals surface area contributed by atoms with Crippen molar-refractivity contribution < 1.29 is 46.8 Å². The topological polar surface area (TPSA) is 93.1 Å². The van der Waals surface area contributed by atoms with E-state index in [-0.39, 0.29) is 17.6 Å². The molecule has 0 unspecified atom stereocenters. The van der Waals surface area contributed by atoms with Gasteiger partial charge in [-0.1, -0.05) is 0 Å². The Kier molecular flexibility index (Phi) is 5.34. The number of rotatable bonds is 6. The lowest BCUT2D eigenvalue weighted by atomic mass is 10.2. The zero-order valence-electron chi connectivity index (χ0n) is 12.7. The van der Waals surface area contributed by atoms with Gasteiger partial charge in [-0.25, -0.2) is 14.0 Å². The number of hydrogen-bond donors (Lipinski definition) is 2. The van der Waals surface area contributed by atoms with Crippen molar-refractivity contribution in [2.24, 2.45) is 0 Å². The van der Waals surface area contributed by atoms with Crippen LogP contribution >= 0.6 is 0 Å². The quantitative estimate of drug-likeness (QED) is 0.747. The number of benzene rings is 2. The fraction of sp³-hybridized carbons (Fsp3) is 0.125. The van der Waals surface area contributed by atoms with Gasteiger partial charge < -0.3 is 19.7 Å². The summed E-state index contributed by atoms with van der Waals surface area (Å²) in [6.45, 7) is -0.784. The highest BCUT2D eigenvalue weighted by molar-refractivity contribution is 5.91. The summed E-state index contributed by atoms with van der Waals surface area (Å²) in [4.78, 5) is 21.7. The van der Waals surface area contributed by atoms with Crippen LogP contribution < -0.4 is 9.47 Å². The summed E-state index contributed by atoms with van der Waals surface area (Å²) in [7, 11) is 0. The first-order valence-corrected chi connectivity index (χ1v) is 6.84. The van der Waals surface area contributed by atoms with E-state index in [1.165, 1.54) is 0 Å². The van der Waals surface area contributed by atoms with Crippen LogP contribution in [0.15, 0.2) is 36.4 Å². The van der Waals surface area contributed by atoms with Crippen molar-refractivity contribution in [3.8, 4) is 17.2 Å². The van der Waals surface area contributed by atoms with E-state index >= 15 is 0 Å². The number of alkyl halides is 3. The van der Waals surface area contributed by atoms with Crippen LogP contribution in [-0.4, -0.2) is 28.8 Å². The monoisotopic (exact) mass is 374 g/mol. The van der Waals surface area contributed by atoms with Crippen LogP contribution in [0.2, 0.25) is 0 Å². The molecule has 0 aliphatic carbocycles. The van der Waals surface area contributed by atoms with E-state index in [4.69, 9.17) is 19.7 Å². The van der Waals surface area contributed by atoms with E-state index in [1.807, 2.05) is 0 Å². The third-order valence-electron chi connectivity index (χ3n) is 3.02. The van der Waals surface area contributed by atoms with Crippen molar-refractivity contribution in [3.63, 3.8) is 0 Å². The Hall–Kier alpha value is -3.30. The summed E-state index contributed by atoms with van der Waals surface area (Å²) in [5.41, 5.74) is -1.66. The zero-order valence-corrected chi connectivity index (χ0v) is 12.7. The largest absolute Gasteiger partial charge is 0.481 e. The van der Waals surface area contributed by atoms with Crippen molar-refractivity contribution in [1.82, 2.24) is 0 Å². The lowest BCUT2D eigenvalue weighted by Gasteiger charge is -2.12. The van der Waals surface area contributed by atoms with Crippen LogP contribution in [0.4, 0.5) is 17.6 Å². The van der Waals surface area contributed by atoms with Gasteiger partial charge in [-0.15, -0.1) is 0 Å². The molecule has 0 radical (unpaired) electrons. The fourth-order valence-electron chi connectivity index (χ4n) is 1.89. The standard InChI is InChI=1S/C16H10F4O6/c17-11-5-8(16(18,19)20)1-3-13(11)26-9-2-4-12(25-7-14(21)22)10(6-9)15(23)24/h1-6H,7H2,(H,21,22)(H,23,24). The maximum atomic E-state index is 13.8. The second kappa shape index (κ2) is 7.30. The molecule has 0 aliphatic heterocycles. The average Bonchev–Trinajstić information content (AvgIpc) is 2.54. The number of carboxylic acid groups (broad SMARTS) is 2. The number of aromatic carboxylic acids is 1. The lowest BCUT2D eigenvalue weighted by molar-refractivity contribution is -0.139. The molecule has 2 N–H and O–H groups in total. The first-order valence-electron chi connectivity index (χ1n) is 6.84. The molecule has 0 amide bonds. The van der Waals surface area contributed by atoms with Gasteiger partial charge in [-0.05, 0) is 36.4 Å². The molecule has 138 valence electrons. The fourth-order valence-corrected chi connectivity index (χ4v) is 1.89. The molecule has 0 aromatic heterocycles. The summed E-state index contributed by atoms with van der Waals surface area (Å²) in [5, 5.41) is 17.7. The maximum absolute atomic E-state index is 13.8. The molecule has 0 aliphatic rings. The molecule has 26 heavy (non-hydrogen) atoms. The second-order valence-corrected chi connectivity index (χ2v) is 4.89. The van der Waals surface area contributed by atoms with E-state index in [0.717, 1.165) is 24.3 Å². The van der Waals surface area contributed by atoms with Crippen LogP contribution in [0.3, 0.4) is 0 Å². The molecule has 0 saturated carbocycles. The van der Waals surface area contributed by atoms with E-state index in [9.17, 15) is 27.2 Å². The molecule has 0 fully saturated rings. The zero-order chi connectivity index (χ0) is 19.5. The summed E-state index contributed by atoms with van der Waals surface area (Å²) in [6.07, 6.45) is -4.72. The number of carbonyl (C=O) groups is 2. The Morgan fingerprint density at radius 2 is 1.65 bits per heavy atom. The normalized spacial score (nSPS) is 11.1. The molecule has 0 spiro atoms. The van der Waals surface area contributed by atoms with Gasteiger partial charge in [0.15, 0.2) is 18.2 Å². The van der Waals surface area contributed by atoms with Crippen molar-refractivity contribution in [1.29, 1.82) is 0 Å². The highest BCUT2D eigenvalue weighted by Crippen LogP contribution is 2.34. The van der Waals surface area contributed by atoms with E-state index in [2.05, 4.69) is 0 Å². The highest BCUT2D eigenvalue weighted by atomic mass is 19.4. The van der Waals surface area contributed by atoms with Crippen LogP contribution in [0.5, 0.6) is 17.2 Å². The number of hydrogen-bond acceptors (Lipinski definition) is 4. The van der Waals surface area contributed by atoms with Crippen LogP contribution in [0.1, 0.15) is 15.9 Å². The number of ether oxygens (including phenoxy) is 2. The molecule has 2 aromatic carbocycles. The summed E-state index contributed by atoms with van der Waals surface area (Å²) in [5.74, 6) is -5.09. The van der Waals surface area contributed by atoms with Gasteiger partial charge >= 0.3 is 18.1 Å². The summed E-state index contributed by atoms with van der Waals surface area (Å²) >= 11 is 0. The Morgan fingerprint density at radius 3 is 2.19 bits per heavy atom. The van der Waals surface area contributed by atoms with E-state index in [0.29, 0.717) is 6.07 Å². The Balaban J connectivity index is 2.28. The number of halogens is 4. The predicted molar refractivity (Wildman–Crippen MR) is 78.0 cm³/mol. The molecule has 2 aromatic rings. The third-order valence-corrected chi connectivity index (χ3v) is 3.02. The SMILES string of the molecule is O=C(O)COc1ccc(Oc2ccc(C(F)(F)F)cc2F)cc1C(=O)O. The van der Waals surface area contributed by atoms with Crippen LogP contribution in [0.25, 0.3) is 0 Å². The average molecular weight is 374 g/mol. The van der Waals surface area contributed by atoms with Crippen LogP contribution in [0, 0.1) is 5.82 Å². The first kappa shape index (κ1) is 19.0. The smallest absolute Gasteiger partial charge is 0.416 e. The van der Waals surface area contributed by atoms with Crippen molar-refractivity contribution in [2.45, 2.75) is 6.18 Å². The summed E-state index contributed by atoms with van der Waals surface area (Å²) < 4.78 is 61.2. The van der Waals surface area contributed by atoms with Gasteiger partial charge in [0.2, 0.25) is 0 Å². The minimum Gasteiger partial charge on any atom is -0.481 e. The molecule has 2 rings (SSSR count). The number of carboxylic acids is 2. The highest BCUT2D eigenvalue weighted by Gasteiger charge is 2.31.